The average Bonchev–Trinajstić information content (AvgIpc) is 2.19. The van der Waals surface area contributed by atoms with Crippen LogP contribution in [0.15, 0.2) is 11.6 Å². The van der Waals surface area contributed by atoms with Crippen LogP contribution in [0.3, 0.4) is 0 Å². The van der Waals surface area contributed by atoms with Crippen LogP contribution in [0.1, 0.15) is 0 Å². The number of anilines is 1. The van der Waals surface area contributed by atoms with Crippen molar-refractivity contribution in [2.75, 3.05) is 5.32 Å². The Morgan fingerprint density at radius 2 is 2.75 bits per heavy atom. The maximum atomic E-state index is 9.60. The minimum absolute atomic E-state index is 0.583. The lowest BCUT2D eigenvalue weighted by molar-refractivity contribution is 0.561. The van der Waals surface area contributed by atoms with Crippen molar-refractivity contribution in [1.29, 1.82) is 0 Å². The fourth-order valence-corrected chi connectivity index (χ4v) is 0.802. The summed E-state index contributed by atoms with van der Waals surface area (Å²) < 4.78 is 0. The number of hydrogen-bond acceptors (Lipinski definition) is 3. The number of thiazole rings is 1. The van der Waals surface area contributed by atoms with Crippen molar-refractivity contribution >= 4 is 22.9 Å². The van der Waals surface area contributed by atoms with Crippen molar-refractivity contribution in [2.24, 2.45) is 0 Å². The molecule has 1 rings (SSSR count). The molecule has 0 unspecified atom stereocenters. The van der Waals surface area contributed by atoms with Gasteiger partial charge in [0.05, 0.1) is 0 Å². The Morgan fingerprint density at radius 1 is 1.88 bits per heavy atom. The van der Waals surface area contributed by atoms with Gasteiger partial charge in [0.15, 0.2) is 5.13 Å². The highest BCUT2D eigenvalue weighted by atomic mass is 32.1. The molecule has 1 amide bonds. The molecule has 0 spiro atoms. The molecule has 41 valence electrons. The Balaban J connectivity index is 2.62. The summed E-state index contributed by atoms with van der Waals surface area (Å²) in [7, 11) is 0. The maximum Gasteiger partial charge on any atom is 0.315 e. The molecular formula is C4H3N2OS. The van der Waals surface area contributed by atoms with Crippen molar-refractivity contribution in [2.45, 2.75) is 0 Å². The molecule has 1 heterocycles. The second kappa shape index (κ2) is 2.42. The summed E-state index contributed by atoms with van der Waals surface area (Å²) >= 11 is 1.36. The van der Waals surface area contributed by atoms with Crippen LogP contribution >= 0.6 is 11.3 Å². The highest BCUT2D eigenvalue weighted by molar-refractivity contribution is 7.13. The monoisotopic (exact) mass is 127 g/mol. The third-order valence-corrected chi connectivity index (χ3v) is 1.28. The van der Waals surface area contributed by atoms with Crippen molar-refractivity contribution in [3.63, 3.8) is 0 Å². The van der Waals surface area contributed by atoms with E-state index in [1.54, 1.807) is 11.6 Å². The van der Waals surface area contributed by atoms with Crippen molar-refractivity contribution in [1.82, 2.24) is 4.98 Å². The Kier molecular flexibility index (Phi) is 1.58. The van der Waals surface area contributed by atoms with Crippen LogP contribution in [0.25, 0.3) is 0 Å². The highest BCUT2D eigenvalue weighted by Gasteiger charge is 1.87. The minimum atomic E-state index is 0.583. The third kappa shape index (κ3) is 1.04. The first-order valence-electron chi connectivity index (χ1n) is 1.96. The first kappa shape index (κ1) is 5.24. The van der Waals surface area contributed by atoms with E-state index in [9.17, 15) is 4.79 Å². The molecule has 0 aromatic carbocycles. The third-order valence-electron chi connectivity index (χ3n) is 0.590. The number of carbonyl (C=O) groups excluding carboxylic acids is 1. The number of nitrogens with zero attached hydrogens (tertiary/aromatic N) is 1. The number of hydrogen-bond donors (Lipinski definition) is 1. The smallest absolute Gasteiger partial charge is 0.294 e. The predicted octanol–water partition coefficient (Wildman–Crippen LogP) is 0.622. The van der Waals surface area contributed by atoms with Crippen LogP contribution in [0.4, 0.5) is 5.13 Å². The maximum absolute atomic E-state index is 9.60. The van der Waals surface area contributed by atoms with E-state index >= 15 is 0 Å². The van der Waals surface area contributed by atoms with Gasteiger partial charge in [-0.2, -0.15) is 0 Å². The van der Waals surface area contributed by atoms with Gasteiger partial charge >= 0.3 is 6.41 Å². The molecule has 0 atom stereocenters. The van der Waals surface area contributed by atoms with E-state index in [-0.39, 0.29) is 0 Å². The van der Waals surface area contributed by atoms with Gasteiger partial charge < -0.3 is 0 Å². The molecule has 0 aliphatic heterocycles. The van der Waals surface area contributed by atoms with E-state index in [0.29, 0.717) is 5.13 Å². The first-order chi connectivity index (χ1) is 3.93. The number of nitrogens with one attached hydrogen (secondary N) is 1. The van der Waals surface area contributed by atoms with Gasteiger partial charge in [-0.3, -0.25) is 10.1 Å². The quantitative estimate of drug-likeness (QED) is 0.592. The predicted molar refractivity (Wildman–Crippen MR) is 31.4 cm³/mol. The van der Waals surface area contributed by atoms with Gasteiger partial charge in [0.2, 0.25) is 0 Å². The molecule has 1 radical (unpaired) electrons. The van der Waals surface area contributed by atoms with E-state index in [1.165, 1.54) is 17.7 Å². The Labute approximate surface area is 50.4 Å². The van der Waals surface area contributed by atoms with Gasteiger partial charge in [0.25, 0.3) is 0 Å². The van der Waals surface area contributed by atoms with Gasteiger partial charge in [0.1, 0.15) is 0 Å². The summed E-state index contributed by atoms with van der Waals surface area (Å²) in [6, 6.07) is 0. The average molecular weight is 127 g/mol. The molecule has 0 aliphatic carbocycles. The summed E-state index contributed by atoms with van der Waals surface area (Å²) in [5.41, 5.74) is 0. The van der Waals surface area contributed by atoms with Crippen LogP contribution in [-0.2, 0) is 4.79 Å². The van der Waals surface area contributed by atoms with Crippen LogP contribution in [0, 0.1) is 0 Å². The highest BCUT2D eigenvalue weighted by Crippen LogP contribution is 2.07. The standard InChI is InChI=1S/C4H3N2OS/c7-3-6-4-5-1-2-8-4/h1-2H,(H,5,6,7). The summed E-state index contributed by atoms with van der Waals surface area (Å²) in [6.45, 7) is 0. The van der Waals surface area contributed by atoms with E-state index in [2.05, 4.69) is 10.3 Å². The van der Waals surface area contributed by atoms with Crippen molar-refractivity contribution in [3.05, 3.63) is 11.6 Å². The molecule has 0 bridgehead atoms. The second-order valence-electron chi connectivity index (χ2n) is 1.06. The second-order valence-corrected chi connectivity index (χ2v) is 1.96. The summed E-state index contributed by atoms with van der Waals surface area (Å²) in [5.74, 6) is 0. The number of rotatable bonds is 2. The molecule has 1 aromatic heterocycles. The van der Waals surface area contributed by atoms with Crippen molar-refractivity contribution < 1.29 is 4.79 Å². The van der Waals surface area contributed by atoms with E-state index in [4.69, 9.17) is 0 Å². The fourth-order valence-electron chi connectivity index (χ4n) is 0.329. The zero-order chi connectivity index (χ0) is 5.82. The molecular weight excluding hydrogens is 124 g/mol. The zero-order valence-electron chi connectivity index (χ0n) is 3.92. The fraction of sp³-hybridized carbons (Fsp3) is 0. The molecule has 3 nitrogen and oxygen atoms in total. The normalized spacial score (nSPS) is 8.50. The van der Waals surface area contributed by atoms with Crippen LogP contribution in [0.5, 0.6) is 0 Å². The summed E-state index contributed by atoms with van der Waals surface area (Å²) in [5, 5.41) is 4.65. The lowest BCUT2D eigenvalue weighted by Gasteiger charge is -1.81. The van der Waals surface area contributed by atoms with Gasteiger partial charge in [-0.15, -0.1) is 11.3 Å². The first-order valence-corrected chi connectivity index (χ1v) is 2.84. The Bertz CT molecular complexity index is 161. The molecule has 0 aliphatic rings. The number of amides is 1. The molecule has 1 aromatic rings. The summed E-state index contributed by atoms with van der Waals surface area (Å²) in [6.07, 6.45) is 3.13. The van der Waals surface area contributed by atoms with E-state index < -0.39 is 0 Å². The van der Waals surface area contributed by atoms with Crippen LogP contribution < -0.4 is 5.32 Å². The summed E-state index contributed by atoms with van der Waals surface area (Å²) in [4.78, 5) is 13.4. The van der Waals surface area contributed by atoms with E-state index in [1.807, 2.05) is 0 Å². The molecule has 8 heavy (non-hydrogen) atoms. The van der Waals surface area contributed by atoms with Gasteiger partial charge in [0, 0.05) is 11.6 Å². The lowest BCUT2D eigenvalue weighted by Crippen LogP contribution is -1.90. The van der Waals surface area contributed by atoms with Crippen molar-refractivity contribution in [3.8, 4) is 0 Å². The molecule has 4 heteroatoms. The van der Waals surface area contributed by atoms with Gasteiger partial charge in [-0.1, -0.05) is 0 Å². The van der Waals surface area contributed by atoms with Crippen LogP contribution in [0.2, 0.25) is 0 Å². The molecule has 1 N–H and O–H groups in total. The topological polar surface area (TPSA) is 42.0 Å². The lowest BCUT2D eigenvalue weighted by atomic mass is 11.0. The van der Waals surface area contributed by atoms with Gasteiger partial charge in [-0.25, -0.2) is 4.98 Å². The molecule has 0 fully saturated rings. The molecule has 0 saturated heterocycles. The minimum Gasteiger partial charge on any atom is -0.294 e. The molecule has 0 saturated carbocycles. The van der Waals surface area contributed by atoms with E-state index in [0.717, 1.165) is 0 Å². The Morgan fingerprint density at radius 3 is 3.25 bits per heavy atom. The number of aromatic nitrogens is 1. The zero-order valence-corrected chi connectivity index (χ0v) is 4.73. The van der Waals surface area contributed by atoms with Crippen LogP contribution in [-0.4, -0.2) is 11.4 Å². The van der Waals surface area contributed by atoms with Gasteiger partial charge in [-0.05, 0) is 0 Å². The SMILES string of the molecule is O=[C]Nc1nccs1. The largest absolute Gasteiger partial charge is 0.315 e. The Hall–Kier alpha value is -0.900.